The third-order valence-corrected chi connectivity index (χ3v) is 4.84. The lowest BCUT2D eigenvalue weighted by Gasteiger charge is -2.27. The molecule has 118 valence electrons. The van der Waals surface area contributed by atoms with Gasteiger partial charge in [-0.15, -0.1) is 0 Å². The molecule has 0 heterocycles. The largest absolute Gasteiger partial charge is 0.393 e. The first-order chi connectivity index (χ1) is 9.57. The van der Waals surface area contributed by atoms with E-state index in [2.05, 4.69) is 59.7 Å². The van der Waals surface area contributed by atoms with Crippen molar-refractivity contribution < 1.29 is 5.11 Å². The third-order valence-electron chi connectivity index (χ3n) is 4.84. The first-order valence-corrected chi connectivity index (χ1v) is 8.40. The zero-order chi connectivity index (χ0) is 15.8. The van der Waals surface area contributed by atoms with Crippen LogP contribution in [0.25, 0.3) is 0 Å². The van der Waals surface area contributed by atoms with E-state index < -0.39 is 0 Å². The maximum atomic E-state index is 10.1. The third kappa shape index (κ3) is 4.10. The molecule has 1 heteroatoms. The highest BCUT2D eigenvalue weighted by Gasteiger charge is 2.27. The molecule has 2 atom stereocenters. The van der Waals surface area contributed by atoms with Gasteiger partial charge in [-0.25, -0.2) is 0 Å². The molecule has 1 aromatic rings. The van der Waals surface area contributed by atoms with Crippen LogP contribution in [0.1, 0.15) is 77.5 Å². The standard InChI is InChI=1S/C20H32O/c1-19(2,3)16-11-14(10-15-8-7-9-18(15)21)12-17(13-16)20(4,5)6/h11-13,15,18,21H,7-10H2,1-6H3/t15-,18-/m1/s1. The van der Waals surface area contributed by atoms with Crippen LogP contribution >= 0.6 is 0 Å². The highest BCUT2D eigenvalue weighted by Crippen LogP contribution is 2.33. The fraction of sp³-hybridized carbons (Fsp3) is 0.700. The normalized spacial score (nSPS) is 23.6. The maximum absolute atomic E-state index is 10.1. The summed E-state index contributed by atoms with van der Waals surface area (Å²) >= 11 is 0. The molecule has 21 heavy (non-hydrogen) atoms. The number of aliphatic hydroxyl groups is 1. The second-order valence-corrected chi connectivity index (χ2v) is 8.88. The predicted octanol–water partition coefficient (Wildman–Crippen LogP) is 4.99. The van der Waals surface area contributed by atoms with E-state index in [1.807, 2.05) is 0 Å². The van der Waals surface area contributed by atoms with E-state index in [0.29, 0.717) is 5.92 Å². The molecular weight excluding hydrogens is 256 g/mol. The molecule has 1 aliphatic carbocycles. The van der Waals surface area contributed by atoms with Crippen LogP contribution in [0.4, 0.5) is 0 Å². The minimum atomic E-state index is -0.0959. The Kier molecular flexibility index (Phi) is 4.54. The van der Waals surface area contributed by atoms with E-state index in [-0.39, 0.29) is 16.9 Å². The fourth-order valence-corrected chi connectivity index (χ4v) is 3.23. The van der Waals surface area contributed by atoms with Crippen molar-refractivity contribution in [3.05, 3.63) is 34.9 Å². The van der Waals surface area contributed by atoms with Crippen molar-refractivity contribution in [3.63, 3.8) is 0 Å². The maximum Gasteiger partial charge on any atom is 0.0571 e. The number of hydrogen-bond acceptors (Lipinski definition) is 1. The van der Waals surface area contributed by atoms with Crippen molar-refractivity contribution >= 4 is 0 Å². The van der Waals surface area contributed by atoms with Gasteiger partial charge in [0.25, 0.3) is 0 Å². The van der Waals surface area contributed by atoms with Crippen molar-refractivity contribution in [3.8, 4) is 0 Å². The van der Waals surface area contributed by atoms with Crippen LogP contribution in [0.3, 0.4) is 0 Å². The summed E-state index contributed by atoms with van der Waals surface area (Å²) < 4.78 is 0. The van der Waals surface area contributed by atoms with Crippen LogP contribution in [-0.4, -0.2) is 11.2 Å². The molecule has 0 bridgehead atoms. The van der Waals surface area contributed by atoms with Gasteiger partial charge in [0.15, 0.2) is 0 Å². The SMILES string of the molecule is CC(C)(C)c1cc(C[C@H]2CCC[C@H]2O)cc(C(C)(C)C)c1. The smallest absolute Gasteiger partial charge is 0.0571 e. The molecule has 0 saturated heterocycles. The highest BCUT2D eigenvalue weighted by atomic mass is 16.3. The van der Waals surface area contributed by atoms with Crippen molar-refractivity contribution in [2.45, 2.75) is 84.2 Å². The van der Waals surface area contributed by atoms with Gasteiger partial charge < -0.3 is 5.11 Å². The molecule has 1 nitrogen and oxygen atoms in total. The van der Waals surface area contributed by atoms with Crippen molar-refractivity contribution in [2.75, 3.05) is 0 Å². The molecule has 0 radical (unpaired) electrons. The van der Waals surface area contributed by atoms with Gasteiger partial charge in [0.2, 0.25) is 0 Å². The van der Waals surface area contributed by atoms with Gasteiger partial charge in [-0.2, -0.15) is 0 Å². The van der Waals surface area contributed by atoms with Crippen LogP contribution in [0.2, 0.25) is 0 Å². The quantitative estimate of drug-likeness (QED) is 0.813. The van der Waals surface area contributed by atoms with Crippen LogP contribution in [0, 0.1) is 5.92 Å². The van der Waals surface area contributed by atoms with Crippen molar-refractivity contribution in [1.29, 1.82) is 0 Å². The predicted molar refractivity (Wildman–Crippen MR) is 90.9 cm³/mol. The monoisotopic (exact) mass is 288 g/mol. The minimum absolute atomic E-state index is 0.0959. The summed E-state index contributed by atoms with van der Waals surface area (Å²) in [6.45, 7) is 13.7. The minimum Gasteiger partial charge on any atom is -0.393 e. The van der Waals surface area contributed by atoms with Crippen LogP contribution < -0.4 is 0 Å². The van der Waals surface area contributed by atoms with Gasteiger partial charge >= 0.3 is 0 Å². The summed E-state index contributed by atoms with van der Waals surface area (Å²) in [5.74, 6) is 0.452. The molecule has 0 aliphatic heterocycles. The van der Waals surface area contributed by atoms with Crippen LogP contribution in [-0.2, 0) is 17.3 Å². The summed E-state index contributed by atoms with van der Waals surface area (Å²) in [5.41, 5.74) is 4.57. The Balaban J connectivity index is 2.36. The Bertz CT molecular complexity index is 455. The molecule has 2 rings (SSSR count). The molecule has 1 saturated carbocycles. The Morgan fingerprint density at radius 3 is 1.81 bits per heavy atom. The molecule has 1 N–H and O–H groups in total. The number of hydrogen-bond donors (Lipinski definition) is 1. The molecule has 0 aromatic heterocycles. The average Bonchev–Trinajstić information content (AvgIpc) is 2.72. The van der Waals surface area contributed by atoms with E-state index >= 15 is 0 Å². The summed E-state index contributed by atoms with van der Waals surface area (Å²) in [6, 6.07) is 7.09. The molecule has 0 unspecified atom stereocenters. The number of rotatable bonds is 2. The highest BCUT2D eigenvalue weighted by molar-refractivity contribution is 5.37. The van der Waals surface area contributed by atoms with Crippen LogP contribution in [0.5, 0.6) is 0 Å². The molecule has 1 aromatic carbocycles. The summed E-state index contributed by atoms with van der Waals surface area (Å²) in [4.78, 5) is 0. The van der Waals surface area contributed by atoms with Gasteiger partial charge in [-0.1, -0.05) is 66.2 Å². The van der Waals surface area contributed by atoms with Gasteiger partial charge in [0.05, 0.1) is 6.10 Å². The van der Waals surface area contributed by atoms with Crippen molar-refractivity contribution in [1.82, 2.24) is 0 Å². The van der Waals surface area contributed by atoms with E-state index in [1.54, 1.807) is 0 Å². The Morgan fingerprint density at radius 2 is 1.43 bits per heavy atom. The first-order valence-electron chi connectivity index (χ1n) is 8.40. The topological polar surface area (TPSA) is 20.2 Å². The molecular formula is C20H32O. The summed E-state index contributed by atoms with van der Waals surface area (Å²) in [6.07, 6.45) is 4.26. The molecule has 0 spiro atoms. The fourth-order valence-electron chi connectivity index (χ4n) is 3.23. The van der Waals surface area contributed by atoms with Gasteiger partial charge in [0.1, 0.15) is 0 Å². The molecule has 0 amide bonds. The number of aliphatic hydroxyl groups excluding tert-OH is 1. The second-order valence-electron chi connectivity index (χ2n) is 8.88. The van der Waals surface area contributed by atoms with Crippen LogP contribution in [0.15, 0.2) is 18.2 Å². The Hall–Kier alpha value is -0.820. The van der Waals surface area contributed by atoms with E-state index in [0.717, 1.165) is 12.8 Å². The van der Waals surface area contributed by atoms with E-state index in [1.165, 1.54) is 29.5 Å². The van der Waals surface area contributed by atoms with Gasteiger partial charge in [0, 0.05) is 0 Å². The zero-order valence-corrected chi connectivity index (χ0v) is 14.7. The lowest BCUT2D eigenvalue weighted by atomic mass is 9.78. The summed E-state index contributed by atoms with van der Waals surface area (Å²) in [5, 5.41) is 10.1. The zero-order valence-electron chi connectivity index (χ0n) is 14.7. The average molecular weight is 288 g/mol. The second kappa shape index (κ2) is 5.76. The van der Waals surface area contributed by atoms with E-state index in [9.17, 15) is 5.11 Å². The summed E-state index contributed by atoms with van der Waals surface area (Å²) in [7, 11) is 0. The Labute approximate surface area is 130 Å². The lowest BCUT2D eigenvalue weighted by Crippen LogP contribution is -2.19. The van der Waals surface area contributed by atoms with Gasteiger partial charge in [-0.05, 0) is 52.7 Å². The molecule has 1 aliphatic rings. The number of benzene rings is 1. The Morgan fingerprint density at radius 1 is 0.905 bits per heavy atom. The molecule has 1 fully saturated rings. The first kappa shape index (κ1) is 16.5. The van der Waals surface area contributed by atoms with Crippen molar-refractivity contribution in [2.24, 2.45) is 5.92 Å². The van der Waals surface area contributed by atoms with Gasteiger partial charge in [-0.3, -0.25) is 0 Å². The van der Waals surface area contributed by atoms with E-state index in [4.69, 9.17) is 0 Å². The lowest BCUT2D eigenvalue weighted by molar-refractivity contribution is 0.132.